The Kier molecular flexibility index (Phi) is 3.49. The molecule has 2 aromatic carbocycles. The lowest BCUT2D eigenvalue weighted by atomic mass is 10.0. The van der Waals surface area contributed by atoms with Crippen molar-refractivity contribution in [3.63, 3.8) is 0 Å². The van der Waals surface area contributed by atoms with Gasteiger partial charge in [-0.05, 0) is 57.2 Å². The molecule has 0 radical (unpaired) electrons. The van der Waals surface area contributed by atoms with E-state index < -0.39 is 0 Å². The van der Waals surface area contributed by atoms with E-state index in [-0.39, 0.29) is 5.56 Å². The number of benzene rings is 2. The number of aryl methyl sites for hydroxylation is 3. The summed E-state index contributed by atoms with van der Waals surface area (Å²) in [5.41, 5.74) is 6.90. The van der Waals surface area contributed by atoms with Gasteiger partial charge >= 0.3 is 0 Å². The Labute approximate surface area is 160 Å². The number of aromatic amines is 2. The Hall–Kier alpha value is -3.67. The number of H-pyrrole nitrogens is 2. The fourth-order valence-electron chi connectivity index (χ4n) is 3.82. The highest BCUT2D eigenvalue weighted by molar-refractivity contribution is 5.94. The number of rotatable bonds is 2. The largest absolute Gasteiger partial charge is 0.342 e. The molecule has 0 spiro atoms. The molecule has 0 saturated heterocycles. The molecule has 3 aromatic heterocycles. The Morgan fingerprint density at radius 2 is 1.71 bits per heavy atom. The standard InChI is InChI=1S/C22H19N5O/c1-12-7-9-17(22(28)23-12)16-5-4-6-19-21(16)27(14(3)26-19)15-8-10-18-20(11-15)25-13(2)24-18/h4-11H,1-3H3,(H,23,28)(H,24,25). The van der Waals surface area contributed by atoms with Gasteiger partial charge in [-0.25, -0.2) is 9.97 Å². The molecule has 0 bridgehead atoms. The van der Waals surface area contributed by atoms with Crippen LogP contribution < -0.4 is 5.56 Å². The van der Waals surface area contributed by atoms with Crippen LogP contribution in [0, 0.1) is 20.8 Å². The van der Waals surface area contributed by atoms with Gasteiger partial charge in [-0.3, -0.25) is 9.36 Å². The minimum Gasteiger partial charge on any atom is -0.342 e. The van der Waals surface area contributed by atoms with Crippen LogP contribution in [0.4, 0.5) is 0 Å². The van der Waals surface area contributed by atoms with Gasteiger partial charge in [0.1, 0.15) is 11.6 Å². The van der Waals surface area contributed by atoms with Crippen molar-refractivity contribution in [3.8, 4) is 16.8 Å². The molecule has 28 heavy (non-hydrogen) atoms. The lowest BCUT2D eigenvalue weighted by Gasteiger charge is -2.11. The molecule has 138 valence electrons. The third-order valence-corrected chi connectivity index (χ3v) is 5.03. The number of pyridine rings is 1. The minimum atomic E-state index is -0.0995. The summed E-state index contributed by atoms with van der Waals surface area (Å²) in [5, 5.41) is 0. The van der Waals surface area contributed by atoms with Crippen molar-refractivity contribution in [2.24, 2.45) is 0 Å². The number of para-hydroxylation sites is 1. The fourth-order valence-corrected chi connectivity index (χ4v) is 3.82. The van der Waals surface area contributed by atoms with E-state index in [0.717, 1.165) is 50.7 Å². The third-order valence-electron chi connectivity index (χ3n) is 5.03. The third kappa shape index (κ3) is 2.45. The minimum absolute atomic E-state index is 0.0995. The predicted octanol–water partition coefficient (Wildman–Crippen LogP) is 4.18. The van der Waals surface area contributed by atoms with Crippen LogP contribution in [0.1, 0.15) is 17.3 Å². The smallest absolute Gasteiger partial charge is 0.256 e. The maximum atomic E-state index is 12.6. The van der Waals surface area contributed by atoms with Gasteiger partial charge in [-0.15, -0.1) is 0 Å². The molecule has 0 atom stereocenters. The Morgan fingerprint density at radius 3 is 2.54 bits per heavy atom. The maximum absolute atomic E-state index is 12.6. The first-order valence-corrected chi connectivity index (χ1v) is 9.16. The van der Waals surface area contributed by atoms with Gasteiger partial charge in [0, 0.05) is 22.5 Å². The van der Waals surface area contributed by atoms with Crippen LogP contribution in [0.2, 0.25) is 0 Å². The number of imidazole rings is 2. The van der Waals surface area contributed by atoms with Crippen molar-refractivity contribution in [2.75, 3.05) is 0 Å². The van der Waals surface area contributed by atoms with Gasteiger partial charge in [0.15, 0.2) is 0 Å². The highest BCUT2D eigenvalue weighted by Gasteiger charge is 2.16. The molecule has 6 heteroatoms. The van der Waals surface area contributed by atoms with Crippen LogP contribution in [0.25, 0.3) is 38.9 Å². The van der Waals surface area contributed by atoms with Crippen LogP contribution in [0.5, 0.6) is 0 Å². The molecule has 3 heterocycles. The zero-order valence-corrected chi connectivity index (χ0v) is 15.9. The van der Waals surface area contributed by atoms with Crippen molar-refractivity contribution in [1.29, 1.82) is 0 Å². The molecule has 5 aromatic rings. The van der Waals surface area contributed by atoms with E-state index >= 15 is 0 Å². The van der Waals surface area contributed by atoms with Crippen LogP contribution in [0.15, 0.2) is 53.3 Å². The van der Waals surface area contributed by atoms with Gasteiger partial charge in [0.25, 0.3) is 5.56 Å². The molecule has 2 N–H and O–H groups in total. The van der Waals surface area contributed by atoms with Crippen molar-refractivity contribution in [3.05, 3.63) is 76.2 Å². The van der Waals surface area contributed by atoms with Gasteiger partial charge in [0.05, 0.1) is 22.1 Å². The predicted molar refractivity (Wildman–Crippen MR) is 111 cm³/mol. The highest BCUT2D eigenvalue weighted by atomic mass is 16.1. The topological polar surface area (TPSA) is 79.4 Å². The van der Waals surface area contributed by atoms with Gasteiger partial charge < -0.3 is 9.97 Å². The molecule has 0 aliphatic rings. The maximum Gasteiger partial charge on any atom is 0.256 e. The van der Waals surface area contributed by atoms with E-state index in [9.17, 15) is 4.79 Å². The average Bonchev–Trinajstić information content (AvgIpc) is 3.19. The molecule has 6 nitrogen and oxygen atoms in total. The second kappa shape index (κ2) is 5.92. The summed E-state index contributed by atoms with van der Waals surface area (Å²) >= 11 is 0. The molecule has 0 amide bonds. The van der Waals surface area contributed by atoms with E-state index in [1.165, 1.54) is 0 Å². The first-order chi connectivity index (χ1) is 13.5. The number of fused-ring (bicyclic) bond motifs is 2. The number of nitrogens with zero attached hydrogens (tertiary/aromatic N) is 3. The number of aromatic nitrogens is 5. The second-order valence-electron chi connectivity index (χ2n) is 7.08. The monoisotopic (exact) mass is 369 g/mol. The van der Waals surface area contributed by atoms with Gasteiger partial charge in [-0.1, -0.05) is 12.1 Å². The first-order valence-electron chi connectivity index (χ1n) is 9.16. The van der Waals surface area contributed by atoms with E-state index in [4.69, 9.17) is 4.98 Å². The van der Waals surface area contributed by atoms with Crippen molar-refractivity contribution < 1.29 is 0 Å². The Morgan fingerprint density at radius 1 is 0.857 bits per heavy atom. The first kappa shape index (κ1) is 16.5. The molecule has 0 saturated carbocycles. The Bertz CT molecular complexity index is 1420. The van der Waals surface area contributed by atoms with Crippen LogP contribution in [-0.4, -0.2) is 24.5 Å². The number of hydrogen-bond donors (Lipinski definition) is 2. The van der Waals surface area contributed by atoms with E-state index in [1.807, 2.05) is 63.2 Å². The quantitative estimate of drug-likeness (QED) is 0.490. The lowest BCUT2D eigenvalue weighted by molar-refractivity contribution is 1.00. The zero-order valence-electron chi connectivity index (χ0n) is 15.9. The average molecular weight is 369 g/mol. The van der Waals surface area contributed by atoms with Gasteiger partial charge in [0.2, 0.25) is 0 Å². The molecule has 0 unspecified atom stereocenters. The highest BCUT2D eigenvalue weighted by Crippen LogP contribution is 2.31. The molecule has 0 fully saturated rings. The SMILES string of the molecule is Cc1ccc(-c2cccc3nc(C)n(-c4ccc5nc(C)[nH]c5c4)c23)c(=O)[nH]1. The second-order valence-corrected chi connectivity index (χ2v) is 7.08. The molecule has 0 aliphatic heterocycles. The van der Waals surface area contributed by atoms with Crippen LogP contribution in [-0.2, 0) is 0 Å². The van der Waals surface area contributed by atoms with Crippen molar-refractivity contribution in [2.45, 2.75) is 20.8 Å². The molecule has 5 rings (SSSR count). The Balaban J connectivity index is 1.83. The number of nitrogens with one attached hydrogen (secondary N) is 2. The molecular formula is C22H19N5O. The summed E-state index contributed by atoms with van der Waals surface area (Å²) in [4.78, 5) is 28.0. The number of hydrogen-bond acceptors (Lipinski definition) is 3. The van der Waals surface area contributed by atoms with E-state index in [0.29, 0.717) is 5.56 Å². The fraction of sp³-hybridized carbons (Fsp3) is 0.136. The lowest BCUT2D eigenvalue weighted by Crippen LogP contribution is -2.10. The van der Waals surface area contributed by atoms with Crippen molar-refractivity contribution in [1.82, 2.24) is 24.5 Å². The normalized spacial score (nSPS) is 11.5. The van der Waals surface area contributed by atoms with Crippen LogP contribution in [0.3, 0.4) is 0 Å². The van der Waals surface area contributed by atoms with Crippen molar-refractivity contribution >= 4 is 22.1 Å². The van der Waals surface area contributed by atoms with E-state index in [1.54, 1.807) is 0 Å². The summed E-state index contributed by atoms with van der Waals surface area (Å²) in [6, 6.07) is 15.8. The van der Waals surface area contributed by atoms with E-state index in [2.05, 4.69) is 25.6 Å². The summed E-state index contributed by atoms with van der Waals surface area (Å²) in [6.45, 7) is 5.80. The van der Waals surface area contributed by atoms with Gasteiger partial charge in [-0.2, -0.15) is 0 Å². The zero-order chi connectivity index (χ0) is 19.4. The molecule has 0 aliphatic carbocycles. The summed E-state index contributed by atoms with van der Waals surface area (Å²) < 4.78 is 2.10. The molecular weight excluding hydrogens is 350 g/mol. The summed E-state index contributed by atoms with van der Waals surface area (Å²) in [6.07, 6.45) is 0. The summed E-state index contributed by atoms with van der Waals surface area (Å²) in [7, 11) is 0. The summed E-state index contributed by atoms with van der Waals surface area (Å²) in [5.74, 6) is 1.74. The van der Waals surface area contributed by atoms with Crippen LogP contribution >= 0.6 is 0 Å².